The van der Waals surface area contributed by atoms with Gasteiger partial charge in [0.15, 0.2) is 0 Å². The zero-order valence-corrected chi connectivity index (χ0v) is 11.3. The van der Waals surface area contributed by atoms with Crippen molar-refractivity contribution in [2.75, 3.05) is 0 Å². The van der Waals surface area contributed by atoms with E-state index in [-0.39, 0.29) is 16.9 Å². The van der Waals surface area contributed by atoms with E-state index in [1.165, 1.54) is 10.4 Å². The SMILES string of the molecule is CC1(C)CCc2sc3nc(CCl)[nH]c(=O)c3c21. The first-order valence-electron chi connectivity index (χ1n) is 5.64. The van der Waals surface area contributed by atoms with E-state index in [1.54, 1.807) is 11.3 Å². The Kier molecular flexibility index (Phi) is 2.35. The van der Waals surface area contributed by atoms with Crippen LogP contribution in [0.4, 0.5) is 0 Å². The Labute approximate surface area is 108 Å². The number of nitrogens with zero attached hydrogens (tertiary/aromatic N) is 1. The molecule has 90 valence electrons. The van der Waals surface area contributed by atoms with Crippen LogP contribution in [0.25, 0.3) is 10.2 Å². The highest BCUT2D eigenvalue weighted by Gasteiger charge is 2.35. The van der Waals surface area contributed by atoms with Gasteiger partial charge in [-0.1, -0.05) is 13.8 Å². The molecule has 1 aliphatic rings. The highest BCUT2D eigenvalue weighted by molar-refractivity contribution is 7.18. The van der Waals surface area contributed by atoms with E-state index in [2.05, 4.69) is 23.8 Å². The van der Waals surface area contributed by atoms with Gasteiger partial charge >= 0.3 is 0 Å². The van der Waals surface area contributed by atoms with Crippen LogP contribution in [-0.2, 0) is 17.7 Å². The van der Waals surface area contributed by atoms with Crippen molar-refractivity contribution >= 4 is 33.2 Å². The highest BCUT2D eigenvalue weighted by atomic mass is 35.5. The summed E-state index contributed by atoms with van der Waals surface area (Å²) < 4.78 is 0. The minimum absolute atomic E-state index is 0.0434. The van der Waals surface area contributed by atoms with Crippen molar-refractivity contribution in [2.45, 2.75) is 38.0 Å². The van der Waals surface area contributed by atoms with Crippen molar-refractivity contribution in [1.29, 1.82) is 0 Å². The normalized spacial score (nSPS) is 17.6. The molecule has 0 radical (unpaired) electrons. The number of thiophene rings is 1. The number of H-pyrrole nitrogens is 1. The Morgan fingerprint density at radius 3 is 3.00 bits per heavy atom. The molecule has 0 aromatic carbocycles. The summed E-state index contributed by atoms with van der Waals surface area (Å²) in [5.74, 6) is 0.804. The lowest BCUT2D eigenvalue weighted by molar-refractivity contribution is 0.525. The van der Waals surface area contributed by atoms with Crippen LogP contribution in [0.3, 0.4) is 0 Å². The Morgan fingerprint density at radius 1 is 1.53 bits per heavy atom. The zero-order valence-electron chi connectivity index (χ0n) is 9.76. The summed E-state index contributed by atoms with van der Waals surface area (Å²) in [7, 11) is 0. The topological polar surface area (TPSA) is 45.8 Å². The third-order valence-electron chi connectivity index (χ3n) is 3.46. The molecule has 0 saturated heterocycles. The van der Waals surface area contributed by atoms with E-state index in [4.69, 9.17) is 11.6 Å². The van der Waals surface area contributed by atoms with Gasteiger partial charge in [0.05, 0.1) is 11.3 Å². The summed E-state index contributed by atoms with van der Waals surface area (Å²) in [6, 6.07) is 0. The maximum Gasteiger partial charge on any atom is 0.259 e. The van der Waals surface area contributed by atoms with Crippen LogP contribution < -0.4 is 5.56 Å². The van der Waals surface area contributed by atoms with Crippen LogP contribution in [-0.4, -0.2) is 9.97 Å². The highest BCUT2D eigenvalue weighted by Crippen LogP contribution is 2.45. The lowest BCUT2D eigenvalue weighted by Gasteiger charge is -2.17. The first-order valence-corrected chi connectivity index (χ1v) is 6.99. The van der Waals surface area contributed by atoms with Crippen molar-refractivity contribution in [3.8, 4) is 0 Å². The second-order valence-electron chi connectivity index (χ2n) is 5.11. The van der Waals surface area contributed by atoms with Crippen LogP contribution in [0.5, 0.6) is 0 Å². The second-order valence-corrected chi connectivity index (χ2v) is 6.46. The predicted molar refractivity (Wildman–Crippen MR) is 71.1 cm³/mol. The van der Waals surface area contributed by atoms with Crippen molar-refractivity contribution in [1.82, 2.24) is 9.97 Å². The lowest BCUT2D eigenvalue weighted by atomic mass is 9.86. The number of aromatic nitrogens is 2. The lowest BCUT2D eigenvalue weighted by Crippen LogP contribution is -2.17. The molecule has 0 unspecified atom stereocenters. The first kappa shape index (κ1) is 11.2. The largest absolute Gasteiger partial charge is 0.309 e. The molecule has 0 fully saturated rings. The summed E-state index contributed by atoms with van der Waals surface area (Å²) in [5.41, 5.74) is 1.25. The first-order chi connectivity index (χ1) is 8.03. The van der Waals surface area contributed by atoms with Crippen LogP contribution in [0, 0.1) is 0 Å². The number of hydrogen-bond acceptors (Lipinski definition) is 3. The standard InChI is InChI=1S/C12H13ClN2OS/c1-12(2)4-3-6-9(12)8-10(16)14-7(5-13)15-11(8)17-6/h3-5H2,1-2H3,(H,14,15,16). The van der Waals surface area contributed by atoms with Gasteiger partial charge in [-0.2, -0.15) is 0 Å². The van der Waals surface area contributed by atoms with E-state index in [0.29, 0.717) is 5.82 Å². The molecule has 0 spiro atoms. The predicted octanol–water partition coefficient (Wildman–Crippen LogP) is 2.95. The van der Waals surface area contributed by atoms with Crippen LogP contribution >= 0.6 is 22.9 Å². The average molecular weight is 269 g/mol. The third-order valence-corrected chi connectivity index (χ3v) is 4.86. The minimum atomic E-state index is -0.0434. The van der Waals surface area contributed by atoms with E-state index in [1.807, 2.05) is 0 Å². The number of fused-ring (bicyclic) bond motifs is 3. The molecule has 0 atom stereocenters. The smallest absolute Gasteiger partial charge is 0.259 e. The number of halogens is 1. The number of nitrogens with one attached hydrogen (secondary N) is 1. The summed E-state index contributed by atoms with van der Waals surface area (Å²) in [5, 5.41) is 0.779. The summed E-state index contributed by atoms with van der Waals surface area (Å²) >= 11 is 7.36. The van der Waals surface area contributed by atoms with Gasteiger partial charge < -0.3 is 4.98 Å². The number of aromatic amines is 1. The molecule has 17 heavy (non-hydrogen) atoms. The fraction of sp³-hybridized carbons (Fsp3) is 0.500. The molecule has 2 aromatic rings. The molecule has 1 aliphatic carbocycles. The number of hydrogen-bond donors (Lipinski definition) is 1. The number of rotatable bonds is 1. The van der Waals surface area contributed by atoms with E-state index in [0.717, 1.165) is 23.1 Å². The van der Waals surface area contributed by atoms with Crippen molar-refractivity contribution in [2.24, 2.45) is 0 Å². The minimum Gasteiger partial charge on any atom is -0.309 e. The van der Waals surface area contributed by atoms with Crippen molar-refractivity contribution in [3.05, 3.63) is 26.6 Å². The third kappa shape index (κ3) is 1.54. The van der Waals surface area contributed by atoms with Gasteiger partial charge in [-0.3, -0.25) is 4.79 Å². The number of aryl methyl sites for hydroxylation is 1. The maximum absolute atomic E-state index is 12.1. The molecular weight excluding hydrogens is 256 g/mol. The second kappa shape index (κ2) is 3.56. The Hall–Kier alpha value is -0.870. The Morgan fingerprint density at radius 2 is 2.29 bits per heavy atom. The van der Waals surface area contributed by atoms with Gasteiger partial charge in [0.25, 0.3) is 5.56 Å². The summed E-state index contributed by atoms with van der Waals surface area (Å²) in [4.78, 5) is 21.4. The van der Waals surface area contributed by atoms with E-state index < -0.39 is 0 Å². The Balaban J connectivity index is 2.40. The fourth-order valence-corrected chi connectivity index (χ4v) is 4.10. The summed E-state index contributed by atoms with van der Waals surface area (Å²) in [6.45, 7) is 4.39. The molecule has 0 aliphatic heterocycles. The van der Waals surface area contributed by atoms with Crippen LogP contribution in [0.15, 0.2) is 4.79 Å². The number of alkyl halides is 1. The molecule has 3 rings (SSSR count). The maximum atomic E-state index is 12.1. The van der Waals surface area contributed by atoms with Gasteiger partial charge in [-0.05, 0) is 23.8 Å². The molecule has 0 bridgehead atoms. The molecular formula is C12H13ClN2OS. The van der Waals surface area contributed by atoms with Gasteiger partial charge in [-0.15, -0.1) is 22.9 Å². The zero-order chi connectivity index (χ0) is 12.2. The quantitative estimate of drug-likeness (QED) is 0.809. The fourth-order valence-electron chi connectivity index (χ4n) is 2.60. The van der Waals surface area contributed by atoms with Gasteiger partial charge in [0.2, 0.25) is 0 Å². The molecule has 0 amide bonds. The van der Waals surface area contributed by atoms with Gasteiger partial charge in [0, 0.05) is 4.88 Å². The summed E-state index contributed by atoms with van der Waals surface area (Å²) in [6.07, 6.45) is 2.17. The van der Waals surface area contributed by atoms with E-state index in [9.17, 15) is 4.79 Å². The average Bonchev–Trinajstić information content (AvgIpc) is 2.77. The molecule has 2 aromatic heterocycles. The van der Waals surface area contributed by atoms with Crippen molar-refractivity contribution in [3.63, 3.8) is 0 Å². The molecule has 3 nitrogen and oxygen atoms in total. The molecule has 0 saturated carbocycles. The molecule has 2 heterocycles. The molecule has 5 heteroatoms. The van der Waals surface area contributed by atoms with Crippen LogP contribution in [0.2, 0.25) is 0 Å². The monoisotopic (exact) mass is 268 g/mol. The van der Waals surface area contributed by atoms with Crippen LogP contribution in [0.1, 0.15) is 36.5 Å². The van der Waals surface area contributed by atoms with E-state index >= 15 is 0 Å². The molecule has 1 N–H and O–H groups in total. The van der Waals surface area contributed by atoms with Crippen molar-refractivity contribution < 1.29 is 0 Å². The van der Waals surface area contributed by atoms with Gasteiger partial charge in [0.1, 0.15) is 10.7 Å². The van der Waals surface area contributed by atoms with Gasteiger partial charge in [-0.25, -0.2) is 4.98 Å². The Bertz CT molecular complexity index is 656.